The smallest absolute Gasteiger partial charge is 0.242 e. The summed E-state index contributed by atoms with van der Waals surface area (Å²) in [5.74, 6) is 0.780. The molecule has 2 atom stereocenters. The van der Waals surface area contributed by atoms with Crippen molar-refractivity contribution in [3.8, 4) is 0 Å². The highest BCUT2D eigenvalue weighted by Gasteiger charge is 2.34. The number of hydrogen-bond acceptors (Lipinski definition) is 4. The molecule has 6 heteroatoms. The number of nitrogens with two attached hydrogens (primary N) is 1. The van der Waals surface area contributed by atoms with E-state index in [1.807, 2.05) is 29.2 Å². The molecule has 0 saturated carbocycles. The number of amides is 2. The molecule has 1 aromatic rings. The van der Waals surface area contributed by atoms with Crippen molar-refractivity contribution in [2.24, 2.45) is 11.7 Å². The Kier molecular flexibility index (Phi) is 4.40. The Morgan fingerprint density at radius 1 is 1.41 bits per heavy atom. The molecule has 2 amide bonds. The molecule has 5 nitrogen and oxygen atoms in total. The van der Waals surface area contributed by atoms with Crippen LogP contribution in [0.25, 0.3) is 0 Å². The van der Waals surface area contributed by atoms with Crippen molar-refractivity contribution in [3.63, 3.8) is 0 Å². The van der Waals surface area contributed by atoms with E-state index in [4.69, 9.17) is 5.73 Å². The molecule has 1 aromatic carbocycles. The molecule has 0 bridgehead atoms. The Labute approximate surface area is 134 Å². The third kappa shape index (κ3) is 2.85. The minimum Gasteiger partial charge on any atom is -0.338 e. The maximum atomic E-state index is 12.6. The predicted molar refractivity (Wildman–Crippen MR) is 87.9 cm³/mol. The van der Waals surface area contributed by atoms with Gasteiger partial charge in [-0.2, -0.15) is 0 Å². The van der Waals surface area contributed by atoms with Crippen molar-refractivity contribution in [3.05, 3.63) is 24.3 Å². The predicted octanol–water partition coefficient (Wildman–Crippen LogP) is 1.32. The molecule has 0 radical (unpaired) electrons. The van der Waals surface area contributed by atoms with E-state index in [0.29, 0.717) is 24.8 Å². The minimum atomic E-state index is -0.000671. The van der Waals surface area contributed by atoms with E-state index in [2.05, 4.69) is 6.92 Å². The van der Waals surface area contributed by atoms with Gasteiger partial charge in [-0.05, 0) is 37.9 Å². The van der Waals surface area contributed by atoms with Crippen LogP contribution in [0.3, 0.4) is 0 Å². The molecule has 2 unspecified atom stereocenters. The molecular weight excluding hydrogens is 298 g/mol. The summed E-state index contributed by atoms with van der Waals surface area (Å²) in [5, 5.41) is 0. The van der Waals surface area contributed by atoms with Crippen LogP contribution in [0.5, 0.6) is 0 Å². The Balaban J connectivity index is 1.75. The number of nitrogens with zero attached hydrogens (tertiary/aromatic N) is 2. The number of benzene rings is 1. The van der Waals surface area contributed by atoms with Crippen molar-refractivity contribution < 1.29 is 9.59 Å². The Morgan fingerprint density at radius 2 is 2.18 bits per heavy atom. The fraction of sp³-hybridized carbons (Fsp3) is 0.500. The van der Waals surface area contributed by atoms with Gasteiger partial charge in [-0.3, -0.25) is 9.59 Å². The number of anilines is 1. The third-order valence-corrected chi connectivity index (χ3v) is 5.46. The highest BCUT2D eigenvalue weighted by atomic mass is 32.2. The number of hydrogen-bond donors (Lipinski definition) is 1. The van der Waals surface area contributed by atoms with Crippen molar-refractivity contribution in [2.75, 3.05) is 30.3 Å². The molecule has 0 aromatic heterocycles. The van der Waals surface area contributed by atoms with E-state index in [1.54, 1.807) is 4.90 Å². The Bertz CT molecular complexity index is 593. The minimum absolute atomic E-state index is 0.000671. The van der Waals surface area contributed by atoms with Gasteiger partial charge in [-0.1, -0.05) is 12.1 Å². The molecule has 1 fully saturated rings. The third-order valence-electron chi connectivity index (χ3n) is 4.42. The highest BCUT2D eigenvalue weighted by molar-refractivity contribution is 8.00. The summed E-state index contributed by atoms with van der Waals surface area (Å²) in [7, 11) is 0. The molecule has 118 valence electrons. The molecule has 2 aliphatic heterocycles. The second-order valence-corrected chi connectivity index (χ2v) is 6.99. The van der Waals surface area contributed by atoms with Crippen LogP contribution in [-0.4, -0.2) is 48.1 Å². The first-order chi connectivity index (χ1) is 10.6. The number of para-hydroxylation sites is 1. The number of thioether (sulfide) groups is 1. The van der Waals surface area contributed by atoms with Crippen molar-refractivity contribution in [2.45, 2.75) is 24.3 Å². The SMILES string of the molecule is CC1CC(CN)CN1C(=O)CN1C(=O)CSc2ccccc21. The largest absolute Gasteiger partial charge is 0.338 e. The van der Waals surface area contributed by atoms with Crippen LogP contribution in [0, 0.1) is 5.92 Å². The molecule has 0 aliphatic carbocycles. The van der Waals surface area contributed by atoms with Gasteiger partial charge in [0, 0.05) is 17.5 Å². The number of carbonyl (C=O) groups excluding carboxylic acids is 2. The van der Waals surface area contributed by atoms with Crippen LogP contribution < -0.4 is 10.6 Å². The zero-order valence-electron chi connectivity index (χ0n) is 12.7. The van der Waals surface area contributed by atoms with Gasteiger partial charge in [-0.15, -0.1) is 11.8 Å². The highest BCUT2D eigenvalue weighted by Crippen LogP contribution is 2.35. The molecule has 3 rings (SSSR count). The van der Waals surface area contributed by atoms with Gasteiger partial charge in [0.15, 0.2) is 0 Å². The maximum absolute atomic E-state index is 12.6. The lowest BCUT2D eigenvalue weighted by Crippen LogP contribution is -2.46. The average Bonchev–Trinajstić information content (AvgIpc) is 2.91. The molecule has 22 heavy (non-hydrogen) atoms. The standard InChI is InChI=1S/C16H21N3O2S/c1-11-6-12(7-17)8-18(11)15(20)9-19-13-4-2-3-5-14(13)22-10-16(19)21/h2-5,11-12H,6-10,17H2,1H3. The first-order valence-corrected chi connectivity index (χ1v) is 8.60. The molecule has 0 spiro atoms. The summed E-state index contributed by atoms with van der Waals surface area (Å²) in [6.45, 7) is 3.48. The van der Waals surface area contributed by atoms with Crippen LogP contribution in [0.2, 0.25) is 0 Å². The summed E-state index contributed by atoms with van der Waals surface area (Å²) < 4.78 is 0. The zero-order chi connectivity index (χ0) is 15.7. The van der Waals surface area contributed by atoms with E-state index in [9.17, 15) is 9.59 Å². The molecule has 2 aliphatic rings. The van der Waals surface area contributed by atoms with E-state index in [0.717, 1.165) is 17.0 Å². The van der Waals surface area contributed by atoms with Gasteiger partial charge in [0.25, 0.3) is 0 Å². The summed E-state index contributed by atoms with van der Waals surface area (Å²) in [6, 6.07) is 7.95. The van der Waals surface area contributed by atoms with Crippen LogP contribution in [0.4, 0.5) is 5.69 Å². The average molecular weight is 319 g/mol. The normalized spacial score (nSPS) is 24.5. The van der Waals surface area contributed by atoms with Crippen molar-refractivity contribution in [1.29, 1.82) is 0 Å². The number of carbonyl (C=O) groups is 2. The molecule has 2 heterocycles. The van der Waals surface area contributed by atoms with Crippen LogP contribution in [0.1, 0.15) is 13.3 Å². The molecule has 2 N–H and O–H groups in total. The van der Waals surface area contributed by atoms with E-state index < -0.39 is 0 Å². The lowest BCUT2D eigenvalue weighted by Gasteiger charge is -2.31. The summed E-state index contributed by atoms with van der Waals surface area (Å²) >= 11 is 1.53. The van der Waals surface area contributed by atoms with E-state index >= 15 is 0 Å². The van der Waals surface area contributed by atoms with Gasteiger partial charge in [0.1, 0.15) is 6.54 Å². The van der Waals surface area contributed by atoms with Gasteiger partial charge in [0.2, 0.25) is 11.8 Å². The fourth-order valence-electron chi connectivity index (χ4n) is 3.21. The second kappa shape index (κ2) is 6.30. The number of rotatable bonds is 3. The first kappa shape index (κ1) is 15.4. The zero-order valence-corrected chi connectivity index (χ0v) is 13.5. The maximum Gasteiger partial charge on any atom is 0.242 e. The van der Waals surface area contributed by atoms with Gasteiger partial charge >= 0.3 is 0 Å². The quantitative estimate of drug-likeness (QED) is 0.912. The van der Waals surface area contributed by atoms with E-state index in [1.165, 1.54) is 11.8 Å². The van der Waals surface area contributed by atoms with Crippen LogP contribution in [-0.2, 0) is 9.59 Å². The first-order valence-electron chi connectivity index (χ1n) is 7.62. The Hall–Kier alpha value is -1.53. The monoisotopic (exact) mass is 319 g/mol. The molecular formula is C16H21N3O2S. The Morgan fingerprint density at radius 3 is 2.91 bits per heavy atom. The lowest BCUT2D eigenvalue weighted by molar-refractivity contribution is -0.131. The van der Waals surface area contributed by atoms with Gasteiger partial charge in [0.05, 0.1) is 11.4 Å². The van der Waals surface area contributed by atoms with Crippen LogP contribution in [0.15, 0.2) is 29.2 Å². The van der Waals surface area contributed by atoms with E-state index in [-0.39, 0.29) is 24.4 Å². The summed E-state index contributed by atoms with van der Waals surface area (Å²) in [4.78, 5) is 29.4. The summed E-state index contributed by atoms with van der Waals surface area (Å²) in [5.41, 5.74) is 6.57. The van der Waals surface area contributed by atoms with Crippen molar-refractivity contribution >= 4 is 29.3 Å². The number of likely N-dealkylation sites (tertiary alicyclic amines) is 1. The topological polar surface area (TPSA) is 66.6 Å². The van der Waals surface area contributed by atoms with Crippen molar-refractivity contribution in [1.82, 2.24) is 4.90 Å². The van der Waals surface area contributed by atoms with Crippen LogP contribution >= 0.6 is 11.8 Å². The van der Waals surface area contributed by atoms with Gasteiger partial charge < -0.3 is 15.5 Å². The lowest BCUT2D eigenvalue weighted by atomic mass is 10.1. The number of fused-ring (bicyclic) bond motifs is 1. The van der Waals surface area contributed by atoms with Gasteiger partial charge in [-0.25, -0.2) is 0 Å². The fourth-order valence-corrected chi connectivity index (χ4v) is 4.15. The summed E-state index contributed by atoms with van der Waals surface area (Å²) in [6.07, 6.45) is 0.947. The molecule has 1 saturated heterocycles. The second-order valence-electron chi connectivity index (χ2n) is 5.97.